The van der Waals surface area contributed by atoms with Gasteiger partial charge in [0.05, 0.1) is 11.5 Å². The van der Waals surface area contributed by atoms with Crippen LogP contribution in [0.2, 0.25) is 0 Å². The number of aryl methyl sites for hydroxylation is 1. The molecule has 1 aliphatic rings. The molecule has 1 aromatic rings. The number of nitrogens with one attached hydrogen (secondary N) is 1. The van der Waals surface area contributed by atoms with Gasteiger partial charge in [-0.2, -0.15) is 0 Å². The summed E-state index contributed by atoms with van der Waals surface area (Å²) in [4.78, 5) is 24.8. The molecule has 23 heavy (non-hydrogen) atoms. The van der Waals surface area contributed by atoms with Gasteiger partial charge in [0, 0.05) is 12.6 Å². The van der Waals surface area contributed by atoms with Gasteiger partial charge < -0.3 is 11.1 Å². The zero-order valence-electron chi connectivity index (χ0n) is 13.4. The number of carbonyl (C=O) groups excluding carboxylic acids is 1. The average molecular weight is 343 g/mol. The Kier molecular flexibility index (Phi) is 6.49. The predicted octanol–water partition coefficient (Wildman–Crippen LogP) is 1.93. The number of anilines is 1. The SMILES string of the molecule is Cc1cccc([N+](=O)[O-])c1NC(=O)CN1CCC(C)(CN)C1.Cl. The van der Waals surface area contributed by atoms with Crippen molar-refractivity contribution in [3.8, 4) is 0 Å². The molecule has 1 atom stereocenters. The molecule has 3 N–H and O–H groups in total. The minimum Gasteiger partial charge on any atom is -0.330 e. The van der Waals surface area contributed by atoms with Gasteiger partial charge in [0.25, 0.3) is 5.69 Å². The zero-order valence-corrected chi connectivity index (χ0v) is 14.2. The molecule has 0 radical (unpaired) electrons. The largest absolute Gasteiger partial charge is 0.330 e. The normalized spacial score (nSPS) is 20.8. The molecule has 0 bridgehead atoms. The Morgan fingerprint density at radius 3 is 2.78 bits per heavy atom. The topological polar surface area (TPSA) is 102 Å². The lowest BCUT2D eigenvalue weighted by Gasteiger charge is -2.22. The first-order valence-corrected chi connectivity index (χ1v) is 7.31. The van der Waals surface area contributed by atoms with Gasteiger partial charge in [0.2, 0.25) is 5.91 Å². The van der Waals surface area contributed by atoms with Crippen molar-refractivity contribution in [2.75, 3.05) is 31.5 Å². The average Bonchev–Trinajstić information content (AvgIpc) is 2.83. The molecular weight excluding hydrogens is 320 g/mol. The van der Waals surface area contributed by atoms with Crippen LogP contribution in [0.25, 0.3) is 0 Å². The number of nitro groups is 1. The highest BCUT2D eigenvalue weighted by Gasteiger charge is 2.33. The molecule has 1 amide bonds. The highest BCUT2D eigenvalue weighted by molar-refractivity contribution is 5.95. The number of halogens is 1. The van der Waals surface area contributed by atoms with Gasteiger partial charge in [0.15, 0.2) is 0 Å². The van der Waals surface area contributed by atoms with Crippen LogP contribution in [0.4, 0.5) is 11.4 Å². The number of nitrogens with zero attached hydrogens (tertiary/aromatic N) is 2. The number of hydrogen-bond donors (Lipinski definition) is 2. The fourth-order valence-electron chi connectivity index (χ4n) is 2.78. The minimum absolute atomic E-state index is 0. The molecule has 2 rings (SSSR count). The van der Waals surface area contributed by atoms with Gasteiger partial charge in [-0.3, -0.25) is 19.8 Å². The van der Waals surface area contributed by atoms with Crippen molar-refractivity contribution < 1.29 is 9.72 Å². The first-order chi connectivity index (χ1) is 10.3. The first kappa shape index (κ1) is 19.3. The summed E-state index contributed by atoms with van der Waals surface area (Å²) >= 11 is 0. The highest BCUT2D eigenvalue weighted by atomic mass is 35.5. The molecule has 7 nitrogen and oxygen atoms in total. The molecule has 0 saturated carbocycles. The molecule has 1 unspecified atom stereocenters. The van der Waals surface area contributed by atoms with Gasteiger partial charge in [-0.25, -0.2) is 0 Å². The summed E-state index contributed by atoms with van der Waals surface area (Å²) in [5.41, 5.74) is 6.68. The van der Waals surface area contributed by atoms with Crippen LogP contribution in [0.3, 0.4) is 0 Å². The Morgan fingerprint density at radius 2 is 2.22 bits per heavy atom. The van der Waals surface area contributed by atoms with E-state index in [0.717, 1.165) is 19.5 Å². The van der Waals surface area contributed by atoms with Crippen LogP contribution in [0.1, 0.15) is 18.9 Å². The predicted molar refractivity (Wildman–Crippen MR) is 91.9 cm³/mol. The summed E-state index contributed by atoms with van der Waals surface area (Å²) < 4.78 is 0. The van der Waals surface area contributed by atoms with Gasteiger partial charge in [0.1, 0.15) is 5.69 Å². The van der Waals surface area contributed by atoms with Crippen molar-refractivity contribution in [3.63, 3.8) is 0 Å². The third kappa shape index (κ3) is 4.63. The Morgan fingerprint density at radius 1 is 1.52 bits per heavy atom. The summed E-state index contributed by atoms with van der Waals surface area (Å²) in [7, 11) is 0. The van der Waals surface area contributed by atoms with E-state index in [4.69, 9.17) is 5.73 Å². The highest BCUT2D eigenvalue weighted by Crippen LogP contribution is 2.29. The summed E-state index contributed by atoms with van der Waals surface area (Å²) in [5.74, 6) is -0.237. The molecule has 0 aliphatic carbocycles. The van der Waals surface area contributed by atoms with E-state index in [9.17, 15) is 14.9 Å². The Balaban J connectivity index is 0.00000264. The molecule has 1 saturated heterocycles. The maximum atomic E-state index is 12.2. The lowest BCUT2D eigenvalue weighted by molar-refractivity contribution is -0.384. The molecule has 1 aliphatic heterocycles. The molecule has 8 heteroatoms. The fourth-order valence-corrected chi connectivity index (χ4v) is 2.78. The Hall–Kier alpha value is -1.70. The third-order valence-electron chi connectivity index (χ3n) is 4.21. The maximum absolute atomic E-state index is 12.2. The maximum Gasteiger partial charge on any atom is 0.293 e. The first-order valence-electron chi connectivity index (χ1n) is 7.31. The Bertz CT molecular complexity index is 596. The van der Waals surface area contributed by atoms with Crippen LogP contribution in [0, 0.1) is 22.5 Å². The number of nitro benzene ring substituents is 1. The second-order valence-corrected chi connectivity index (χ2v) is 6.25. The summed E-state index contributed by atoms with van der Waals surface area (Å²) in [6, 6.07) is 4.74. The summed E-state index contributed by atoms with van der Waals surface area (Å²) in [6.07, 6.45) is 0.960. The van der Waals surface area contributed by atoms with Crippen LogP contribution in [0.5, 0.6) is 0 Å². The molecule has 128 valence electrons. The monoisotopic (exact) mass is 342 g/mol. The number of para-hydroxylation sites is 1. The van der Waals surface area contributed by atoms with E-state index >= 15 is 0 Å². The number of amides is 1. The molecule has 0 spiro atoms. The van der Waals surface area contributed by atoms with Gasteiger partial charge >= 0.3 is 0 Å². The van der Waals surface area contributed by atoms with Crippen molar-refractivity contribution in [1.29, 1.82) is 0 Å². The third-order valence-corrected chi connectivity index (χ3v) is 4.21. The van der Waals surface area contributed by atoms with Crippen LogP contribution in [-0.4, -0.2) is 41.9 Å². The number of rotatable bonds is 5. The molecule has 1 aromatic carbocycles. The number of nitrogens with two attached hydrogens (primary N) is 1. The number of carbonyl (C=O) groups is 1. The quantitative estimate of drug-likeness (QED) is 0.629. The van der Waals surface area contributed by atoms with Gasteiger partial charge in [-0.05, 0) is 37.4 Å². The van der Waals surface area contributed by atoms with Crippen molar-refractivity contribution in [1.82, 2.24) is 4.90 Å². The number of likely N-dealkylation sites (tertiary alicyclic amines) is 1. The molecule has 0 aromatic heterocycles. The Labute approximate surface area is 141 Å². The van der Waals surface area contributed by atoms with Crippen molar-refractivity contribution in [2.45, 2.75) is 20.3 Å². The zero-order chi connectivity index (χ0) is 16.3. The van der Waals surface area contributed by atoms with E-state index in [0.29, 0.717) is 12.1 Å². The van der Waals surface area contributed by atoms with E-state index in [2.05, 4.69) is 12.2 Å². The number of benzene rings is 1. The lowest BCUT2D eigenvalue weighted by atomic mass is 9.90. The van der Waals surface area contributed by atoms with Crippen LogP contribution in [-0.2, 0) is 4.79 Å². The van der Waals surface area contributed by atoms with Gasteiger partial charge in [-0.1, -0.05) is 19.1 Å². The van der Waals surface area contributed by atoms with E-state index < -0.39 is 4.92 Å². The van der Waals surface area contributed by atoms with Gasteiger partial charge in [-0.15, -0.1) is 12.4 Å². The second-order valence-electron chi connectivity index (χ2n) is 6.25. The summed E-state index contributed by atoms with van der Waals surface area (Å²) in [6.45, 7) is 6.25. The van der Waals surface area contributed by atoms with E-state index in [1.54, 1.807) is 19.1 Å². The fraction of sp³-hybridized carbons (Fsp3) is 0.533. The van der Waals surface area contributed by atoms with E-state index in [-0.39, 0.29) is 41.6 Å². The molecule has 1 fully saturated rings. The van der Waals surface area contributed by atoms with Crippen LogP contribution >= 0.6 is 12.4 Å². The van der Waals surface area contributed by atoms with E-state index in [1.807, 2.05) is 4.90 Å². The smallest absolute Gasteiger partial charge is 0.293 e. The summed E-state index contributed by atoms with van der Waals surface area (Å²) in [5, 5.41) is 13.7. The van der Waals surface area contributed by atoms with Crippen LogP contribution < -0.4 is 11.1 Å². The second kappa shape index (κ2) is 7.72. The minimum atomic E-state index is -0.482. The van der Waals surface area contributed by atoms with E-state index in [1.165, 1.54) is 6.07 Å². The lowest BCUT2D eigenvalue weighted by Crippen LogP contribution is -2.35. The van der Waals surface area contributed by atoms with Crippen LogP contribution in [0.15, 0.2) is 18.2 Å². The van der Waals surface area contributed by atoms with Crippen molar-refractivity contribution in [3.05, 3.63) is 33.9 Å². The molecule has 1 heterocycles. The van der Waals surface area contributed by atoms with Crippen molar-refractivity contribution in [2.24, 2.45) is 11.1 Å². The number of hydrogen-bond acceptors (Lipinski definition) is 5. The molecular formula is C15H23ClN4O3. The standard InChI is InChI=1S/C15H22N4O3.ClH/c1-11-4-3-5-12(19(21)22)14(11)17-13(20)8-18-7-6-15(2,9-16)10-18;/h3-5H,6-10,16H2,1-2H3,(H,17,20);1H. The van der Waals surface area contributed by atoms with Crippen molar-refractivity contribution >= 4 is 29.7 Å².